The summed E-state index contributed by atoms with van der Waals surface area (Å²) in [5.41, 5.74) is 0. The van der Waals surface area contributed by atoms with Crippen molar-refractivity contribution in [3.05, 3.63) is 12.7 Å². The number of hydrogen-bond acceptors (Lipinski definition) is 4. The van der Waals surface area contributed by atoms with Crippen molar-refractivity contribution in [1.29, 1.82) is 0 Å². The van der Waals surface area contributed by atoms with Crippen LogP contribution in [0.3, 0.4) is 0 Å². The van der Waals surface area contributed by atoms with Gasteiger partial charge in [0.2, 0.25) is 0 Å². The standard InChI is InChI=1S/C17H31NO4/c1-4-6-7-8-9-10-11-12-14-21-16(19)15(3)18-17(20)22-13-5-2/h5,15H,2,4,6-14H2,1,3H3,(H,18,20)/t15-/m0/s1. The SMILES string of the molecule is C=CCOC(=O)N[C@@H](C)C(=O)OCCCCCCCCCC. The van der Waals surface area contributed by atoms with Crippen LogP contribution in [-0.2, 0) is 14.3 Å². The number of rotatable bonds is 13. The van der Waals surface area contributed by atoms with Gasteiger partial charge in [0.05, 0.1) is 6.61 Å². The number of ether oxygens (including phenoxy) is 2. The maximum Gasteiger partial charge on any atom is 0.408 e. The van der Waals surface area contributed by atoms with E-state index in [-0.39, 0.29) is 6.61 Å². The number of amides is 1. The van der Waals surface area contributed by atoms with Crippen LogP contribution in [0.4, 0.5) is 4.79 Å². The van der Waals surface area contributed by atoms with Crippen molar-refractivity contribution in [2.24, 2.45) is 0 Å². The Bertz CT molecular complexity index is 318. The highest BCUT2D eigenvalue weighted by Gasteiger charge is 2.17. The van der Waals surface area contributed by atoms with Gasteiger partial charge in [-0.2, -0.15) is 0 Å². The number of esters is 1. The number of hydrogen-bond donors (Lipinski definition) is 1. The molecule has 0 unspecified atom stereocenters. The Morgan fingerprint density at radius 3 is 2.23 bits per heavy atom. The Morgan fingerprint density at radius 1 is 1.05 bits per heavy atom. The van der Waals surface area contributed by atoms with E-state index in [1.54, 1.807) is 6.92 Å². The third-order valence-electron chi connectivity index (χ3n) is 3.26. The van der Waals surface area contributed by atoms with E-state index in [0.29, 0.717) is 6.61 Å². The Morgan fingerprint density at radius 2 is 1.64 bits per heavy atom. The Kier molecular flexibility index (Phi) is 13.4. The summed E-state index contributed by atoms with van der Waals surface area (Å²) in [5, 5.41) is 2.41. The summed E-state index contributed by atoms with van der Waals surface area (Å²) in [5.74, 6) is -0.432. The van der Waals surface area contributed by atoms with Gasteiger partial charge in [-0.3, -0.25) is 0 Å². The fourth-order valence-corrected chi connectivity index (χ4v) is 1.95. The molecule has 0 fully saturated rings. The number of nitrogens with one attached hydrogen (secondary N) is 1. The first-order valence-corrected chi connectivity index (χ1v) is 8.32. The first kappa shape index (κ1) is 20.5. The molecule has 0 aliphatic rings. The molecule has 1 atom stereocenters. The Hall–Kier alpha value is -1.52. The van der Waals surface area contributed by atoms with Crippen molar-refractivity contribution in [3.8, 4) is 0 Å². The molecule has 5 heteroatoms. The minimum atomic E-state index is -0.702. The number of carbonyl (C=O) groups excluding carboxylic acids is 2. The molecule has 0 saturated heterocycles. The monoisotopic (exact) mass is 313 g/mol. The highest BCUT2D eigenvalue weighted by Crippen LogP contribution is 2.08. The van der Waals surface area contributed by atoms with Gasteiger partial charge in [-0.1, -0.05) is 64.5 Å². The zero-order valence-corrected chi connectivity index (χ0v) is 14.1. The van der Waals surface area contributed by atoms with Crippen LogP contribution < -0.4 is 5.32 Å². The molecular weight excluding hydrogens is 282 g/mol. The molecule has 22 heavy (non-hydrogen) atoms. The second-order valence-corrected chi connectivity index (χ2v) is 5.40. The molecule has 0 aromatic rings. The molecular formula is C17H31NO4. The molecule has 0 spiro atoms. The predicted molar refractivity (Wildman–Crippen MR) is 87.7 cm³/mol. The molecule has 128 valence electrons. The lowest BCUT2D eigenvalue weighted by molar-refractivity contribution is -0.145. The van der Waals surface area contributed by atoms with Gasteiger partial charge in [0.15, 0.2) is 0 Å². The Labute approximate surface area is 134 Å². The first-order valence-electron chi connectivity index (χ1n) is 8.32. The van der Waals surface area contributed by atoms with Crippen molar-refractivity contribution in [2.75, 3.05) is 13.2 Å². The van der Waals surface area contributed by atoms with E-state index in [1.165, 1.54) is 44.6 Å². The van der Waals surface area contributed by atoms with Crippen LogP contribution >= 0.6 is 0 Å². The predicted octanol–water partition coefficient (Wildman–Crippen LogP) is 3.97. The summed E-state index contributed by atoms with van der Waals surface area (Å²) in [7, 11) is 0. The van der Waals surface area contributed by atoms with Gasteiger partial charge in [0.1, 0.15) is 12.6 Å². The van der Waals surface area contributed by atoms with Crippen molar-refractivity contribution in [2.45, 2.75) is 71.3 Å². The van der Waals surface area contributed by atoms with E-state index in [9.17, 15) is 9.59 Å². The quantitative estimate of drug-likeness (QED) is 0.317. The van der Waals surface area contributed by atoms with Gasteiger partial charge in [0, 0.05) is 0 Å². The molecule has 0 radical (unpaired) electrons. The van der Waals surface area contributed by atoms with E-state index in [1.807, 2.05) is 0 Å². The average Bonchev–Trinajstić information content (AvgIpc) is 2.51. The van der Waals surface area contributed by atoms with Crippen molar-refractivity contribution in [3.63, 3.8) is 0 Å². The Balaban J connectivity index is 3.51. The van der Waals surface area contributed by atoms with E-state index >= 15 is 0 Å². The van der Waals surface area contributed by atoms with Gasteiger partial charge in [-0.25, -0.2) is 9.59 Å². The lowest BCUT2D eigenvalue weighted by Gasteiger charge is -2.13. The highest BCUT2D eigenvalue weighted by atomic mass is 16.6. The zero-order chi connectivity index (χ0) is 16.6. The molecule has 0 rings (SSSR count). The van der Waals surface area contributed by atoms with Crippen LogP contribution in [0.5, 0.6) is 0 Å². The first-order chi connectivity index (χ1) is 10.6. The largest absolute Gasteiger partial charge is 0.464 e. The van der Waals surface area contributed by atoms with Crippen LogP contribution in [0.1, 0.15) is 65.2 Å². The van der Waals surface area contributed by atoms with Gasteiger partial charge in [0.25, 0.3) is 0 Å². The van der Waals surface area contributed by atoms with Crippen LogP contribution in [0.2, 0.25) is 0 Å². The number of alkyl carbamates (subject to hydrolysis) is 1. The molecule has 0 aromatic heterocycles. The summed E-state index contributed by atoms with van der Waals surface area (Å²) in [6.07, 6.45) is 10.4. The van der Waals surface area contributed by atoms with Crippen LogP contribution in [0.15, 0.2) is 12.7 Å². The van der Waals surface area contributed by atoms with Crippen LogP contribution in [0, 0.1) is 0 Å². The molecule has 0 bridgehead atoms. The number of unbranched alkanes of at least 4 members (excludes halogenated alkanes) is 7. The fourth-order valence-electron chi connectivity index (χ4n) is 1.95. The van der Waals surface area contributed by atoms with Crippen LogP contribution in [-0.4, -0.2) is 31.3 Å². The van der Waals surface area contributed by atoms with E-state index < -0.39 is 18.1 Å². The summed E-state index contributed by atoms with van der Waals surface area (Å²) >= 11 is 0. The van der Waals surface area contributed by atoms with Gasteiger partial charge in [-0.05, 0) is 13.3 Å². The molecule has 0 aliphatic carbocycles. The summed E-state index contributed by atoms with van der Waals surface area (Å²) < 4.78 is 9.86. The smallest absolute Gasteiger partial charge is 0.408 e. The van der Waals surface area contributed by atoms with E-state index in [2.05, 4.69) is 18.8 Å². The van der Waals surface area contributed by atoms with Crippen LogP contribution in [0.25, 0.3) is 0 Å². The van der Waals surface area contributed by atoms with Crippen molar-refractivity contribution in [1.82, 2.24) is 5.32 Å². The zero-order valence-electron chi connectivity index (χ0n) is 14.1. The minimum absolute atomic E-state index is 0.117. The molecule has 0 saturated carbocycles. The maximum atomic E-state index is 11.6. The average molecular weight is 313 g/mol. The van der Waals surface area contributed by atoms with Crippen molar-refractivity contribution < 1.29 is 19.1 Å². The normalized spacial score (nSPS) is 11.5. The number of carbonyl (C=O) groups is 2. The third-order valence-corrected chi connectivity index (χ3v) is 3.26. The van der Waals surface area contributed by atoms with Gasteiger partial charge in [-0.15, -0.1) is 0 Å². The molecule has 1 N–H and O–H groups in total. The highest BCUT2D eigenvalue weighted by molar-refractivity contribution is 5.80. The lowest BCUT2D eigenvalue weighted by Crippen LogP contribution is -2.40. The summed E-state index contributed by atoms with van der Waals surface area (Å²) in [4.78, 5) is 22.9. The van der Waals surface area contributed by atoms with E-state index in [4.69, 9.17) is 9.47 Å². The third kappa shape index (κ3) is 12.2. The molecule has 1 amide bonds. The van der Waals surface area contributed by atoms with Gasteiger partial charge >= 0.3 is 12.1 Å². The maximum absolute atomic E-state index is 11.6. The minimum Gasteiger partial charge on any atom is -0.464 e. The molecule has 5 nitrogen and oxygen atoms in total. The van der Waals surface area contributed by atoms with Gasteiger partial charge < -0.3 is 14.8 Å². The fraction of sp³-hybridized carbons (Fsp3) is 0.765. The second-order valence-electron chi connectivity index (χ2n) is 5.40. The van der Waals surface area contributed by atoms with Crippen molar-refractivity contribution >= 4 is 12.1 Å². The lowest BCUT2D eigenvalue weighted by atomic mass is 10.1. The molecule has 0 aromatic carbocycles. The second kappa shape index (κ2) is 14.4. The topological polar surface area (TPSA) is 64.6 Å². The summed E-state index contributed by atoms with van der Waals surface area (Å²) in [6.45, 7) is 7.74. The molecule has 0 aliphatic heterocycles. The summed E-state index contributed by atoms with van der Waals surface area (Å²) in [6, 6.07) is -0.702. The van der Waals surface area contributed by atoms with E-state index in [0.717, 1.165) is 12.8 Å². The molecule has 0 heterocycles.